The first kappa shape index (κ1) is 11.0. The van der Waals surface area contributed by atoms with Crippen molar-refractivity contribution in [1.82, 2.24) is 4.90 Å². The summed E-state index contributed by atoms with van der Waals surface area (Å²) in [4.78, 5) is 2.73. The van der Waals surface area contributed by atoms with Crippen LogP contribution in [0.4, 0.5) is 0 Å². The Morgan fingerprint density at radius 1 is 1.38 bits per heavy atom. The van der Waals surface area contributed by atoms with E-state index in [0.29, 0.717) is 11.6 Å². The lowest BCUT2D eigenvalue weighted by molar-refractivity contribution is -0.109. The second-order valence-corrected chi connectivity index (χ2v) is 5.90. The van der Waals surface area contributed by atoms with Crippen LogP contribution in [0.2, 0.25) is 0 Å². The van der Waals surface area contributed by atoms with Crippen LogP contribution in [0.25, 0.3) is 0 Å². The van der Waals surface area contributed by atoms with Crippen LogP contribution >= 0.6 is 0 Å². The van der Waals surface area contributed by atoms with Gasteiger partial charge in [-0.15, -0.1) is 0 Å². The van der Waals surface area contributed by atoms with E-state index < -0.39 is 0 Å². The lowest BCUT2D eigenvalue weighted by atomic mass is 9.72. The van der Waals surface area contributed by atoms with Crippen LogP contribution in [0.5, 0.6) is 0 Å². The fourth-order valence-corrected chi connectivity index (χ4v) is 4.17. The molecule has 3 fully saturated rings. The molecule has 92 valence electrons. The zero-order valence-electron chi connectivity index (χ0n) is 10.3. The number of fused-ring (bicyclic) bond motifs is 2. The molecule has 2 unspecified atom stereocenters. The van der Waals surface area contributed by atoms with Gasteiger partial charge in [-0.3, -0.25) is 4.90 Å². The Morgan fingerprint density at radius 3 is 2.69 bits per heavy atom. The molecule has 1 saturated heterocycles. The standard InChI is InChI=1S/C13H24N2O/c1-2-16-12-6-13(7-12,9-14)15-8-10-3-4-11(15)5-10/h10-12H,2-9,14H2,1H3. The lowest BCUT2D eigenvalue weighted by Gasteiger charge is -2.55. The molecule has 0 amide bonds. The molecule has 3 rings (SSSR count). The quantitative estimate of drug-likeness (QED) is 0.784. The smallest absolute Gasteiger partial charge is 0.0611 e. The van der Waals surface area contributed by atoms with E-state index >= 15 is 0 Å². The molecule has 3 aliphatic rings. The minimum absolute atomic E-state index is 0.305. The summed E-state index contributed by atoms with van der Waals surface area (Å²) >= 11 is 0. The molecule has 1 aliphatic heterocycles. The van der Waals surface area contributed by atoms with E-state index in [0.717, 1.165) is 25.1 Å². The third-order valence-corrected chi connectivity index (χ3v) is 5.02. The fourth-order valence-electron chi connectivity index (χ4n) is 4.17. The Balaban J connectivity index is 1.64. The van der Waals surface area contributed by atoms with E-state index in [1.54, 1.807) is 0 Å². The van der Waals surface area contributed by atoms with Gasteiger partial charge in [-0.2, -0.15) is 0 Å². The number of nitrogens with zero attached hydrogens (tertiary/aromatic N) is 1. The molecule has 0 aromatic rings. The third-order valence-electron chi connectivity index (χ3n) is 5.02. The molecule has 3 nitrogen and oxygen atoms in total. The predicted octanol–water partition coefficient (Wildman–Crippen LogP) is 1.37. The number of ether oxygens (including phenoxy) is 1. The molecule has 2 atom stereocenters. The predicted molar refractivity (Wildman–Crippen MR) is 64.3 cm³/mol. The van der Waals surface area contributed by atoms with Crippen molar-refractivity contribution in [3.05, 3.63) is 0 Å². The molecule has 0 aromatic carbocycles. The van der Waals surface area contributed by atoms with Crippen molar-refractivity contribution in [3.8, 4) is 0 Å². The summed E-state index contributed by atoms with van der Waals surface area (Å²) in [6.45, 7) is 5.05. The van der Waals surface area contributed by atoms with Crippen LogP contribution in [0.15, 0.2) is 0 Å². The van der Waals surface area contributed by atoms with Crippen molar-refractivity contribution in [2.45, 2.75) is 56.7 Å². The van der Waals surface area contributed by atoms with E-state index in [2.05, 4.69) is 11.8 Å². The van der Waals surface area contributed by atoms with E-state index in [1.165, 1.54) is 38.6 Å². The van der Waals surface area contributed by atoms with E-state index in [4.69, 9.17) is 10.5 Å². The Bertz CT molecular complexity index is 263. The summed E-state index contributed by atoms with van der Waals surface area (Å²) in [6.07, 6.45) is 7.11. The number of hydrogen-bond donors (Lipinski definition) is 1. The van der Waals surface area contributed by atoms with Gasteiger partial charge in [-0.05, 0) is 44.9 Å². The Labute approximate surface area is 98.3 Å². The second kappa shape index (κ2) is 3.97. The molecule has 0 radical (unpaired) electrons. The molecule has 2 aliphatic carbocycles. The first-order valence-corrected chi connectivity index (χ1v) is 6.86. The molecule has 3 heteroatoms. The van der Waals surface area contributed by atoms with Gasteiger partial charge in [-0.25, -0.2) is 0 Å². The molecule has 2 bridgehead atoms. The third kappa shape index (κ3) is 1.52. The summed E-state index contributed by atoms with van der Waals surface area (Å²) in [6, 6.07) is 0.844. The van der Waals surface area contributed by atoms with Crippen LogP contribution in [0, 0.1) is 5.92 Å². The number of likely N-dealkylation sites (tertiary alicyclic amines) is 1. The van der Waals surface area contributed by atoms with Crippen molar-refractivity contribution in [2.24, 2.45) is 11.7 Å². The van der Waals surface area contributed by atoms with Gasteiger partial charge >= 0.3 is 0 Å². The van der Waals surface area contributed by atoms with Crippen LogP contribution in [0.1, 0.15) is 39.0 Å². The monoisotopic (exact) mass is 224 g/mol. The molecule has 2 N–H and O–H groups in total. The zero-order valence-corrected chi connectivity index (χ0v) is 10.3. The lowest BCUT2D eigenvalue weighted by Crippen LogP contribution is -2.65. The molecule has 2 saturated carbocycles. The highest BCUT2D eigenvalue weighted by Crippen LogP contribution is 2.48. The minimum atomic E-state index is 0.305. The van der Waals surface area contributed by atoms with Gasteiger partial charge < -0.3 is 10.5 Å². The van der Waals surface area contributed by atoms with Crippen LogP contribution in [-0.2, 0) is 4.74 Å². The molecule has 0 spiro atoms. The van der Waals surface area contributed by atoms with E-state index in [1.807, 2.05) is 0 Å². The summed E-state index contributed by atoms with van der Waals surface area (Å²) in [5.74, 6) is 0.972. The molecule has 0 aromatic heterocycles. The Kier molecular flexibility index (Phi) is 2.73. The topological polar surface area (TPSA) is 38.5 Å². The maximum atomic E-state index is 6.04. The number of hydrogen-bond acceptors (Lipinski definition) is 3. The highest BCUT2D eigenvalue weighted by molar-refractivity contribution is 5.10. The van der Waals surface area contributed by atoms with E-state index in [9.17, 15) is 0 Å². The van der Waals surface area contributed by atoms with Gasteiger partial charge in [0.25, 0.3) is 0 Å². The van der Waals surface area contributed by atoms with Gasteiger partial charge in [0.2, 0.25) is 0 Å². The van der Waals surface area contributed by atoms with E-state index in [-0.39, 0.29) is 0 Å². The highest BCUT2D eigenvalue weighted by atomic mass is 16.5. The van der Waals surface area contributed by atoms with Crippen LogP contribution < -0.4 is 5.73 Å². The SMILES string of the molecule is CCOC1CC(CN)(N2CC3CCC2C3)C1. The van der Waals surface area contributed by atoms with Gasteiger partial charge in [0.15, 0.2) is 0 Å². The second-order valence-electron chi connectivity index (χ2n) is 5.90. The van der Waals surface area contributed by atoms with Crippen molar-refractivity contribution < 1.29 is 4.74 Å². The normalized spacial score (nSPS) is 47.2. The summed E-state index contributed by atoms with van der Waals surface area (Å²) in [5, 5.41) is 0. The Morgan fingerprint density at radius 2 is 2.19 bits per heavy atom. The first-order valence-electron chi connectivity index (χ1n) is 6.86. The van der Waals surface area contributed by atoms with Gasteiger partial charge in [-0.1, -0.05) is 0 Å². The molecule has 1 heterocycles. The summed E-state index contributed by atoms with van der Waals surface area (Å²) in [7, 11) is 0. The van der Waals surface area contributed by atoms with Crippen molar-refractivity contribution in [2.75, 3.05) is 19.7 Å². The molecule has 16 heavy (non-hydrogen) atoms. The van der Waals surface area contributed by atoms with Crippen molar-refractivity contribution in [1.29, 1.82) is 0 Å². The van der Waals surface area contributed by atoms with Crippen molar-refractivity contribution in [3.63, 3.8) is 0 Å². The first-order chi connectivity index (χ1) is 7.77. The van der Waals surface area contributed by atoms with Crippen molar-refractivity contribution >= 4 is 0 Å². The van der Waals surface area contributed by atoms with Gasteiger partial charge in [0.1, 0.15) is 0 Å². The largest absolute Gasteiger partial charge is 0.378 e. The molecular formula is C13H24N2O. The number of piperidine rings is 1. The summed E-state index contributed by atoms with van der Waals surface area (Å²) in [5.41, 5.74) is 6.35. The highest BCUT2D eigenvalue weighted by Gasteiger charge is 2.54. The fraction of sp³-hybridized carbons (Fsp3) is 1.00. The maximum Gasteiger partial charge on any atom is 0.0611 e. The molecular weight excluding hydrogens is 200 g/mol. The average Bonchev–Trinajstić information content (AvgIpc) is 2.84. The van der Waals surface area contributed by atoms with Gasteiger partial charge in [0, 0.05) is 31.3 Å². The number of rotatable bonds is 4. The minimum Gasteiger partial charge on any atom is -0.378 e. The number of nitrogens with two attached hydrogens (primary N) is 1. The average molecular weight is 224 g/mol. The van der Waals surface area contributed by atoms with Crippen LogP contribution in [0.3, 0.4) is 0 Å². The summed E-state index contributed by atoms with van der Waals surface area (Å²) < 4.78 is 5.69. The van der Waals surface area contributed by atoms with Crippen LogP contribution in [-0.4, -0.2) is 42.3 Å². The Hall–Kier alpha value is -0.120. The zero-order chi connectivity index (χ0) is 11.2. The maximum absolute atomic E-state index is 6.04. The van der Waals surface area contributed by atoms with Gasteiger partial charge in [0.05, 0.1) is 6.10 Å².